The fourth-order valence-electron chi connectivity index (χ4n) is 5.65. The van der Waals surface area contributed by atoms with Gasteiger partial charge in [-0.1, -0.05) is 49.7 Å². The van der Waals surface area contributed by atoms with Gasteiger partial charge in [0.15, 0.2) is 17.1 Å². The van der Waals surface area contributed by atoms with E-state index in [-0.39, 0.29) is 26.1 Å². The number of methoxy groups -OCH3 is 2. The molecule has 0 radical (unpaired) electrons. The highest BCUT2D eigenvalue weighted by molar-refractivity contribution is 6.30. The average Bonchev–Trinajstić information content (AvgIpc) is 3.17. The molecule has 0 saturated carbocycles. The monoisotopic (exact) mass is 724 g/mol. The number of fused-ring (bicyclic) bond motifs is 1. The van der Waals surface area contributed by atoms with Gasteiger partial charge in [-0.15, -0.1) is 0 Å². The van der Waals surface area contributed by atoms with Crippen LogP contribution in [-0.4, -0.2) is 74.5 Å². The molecular formula is C38H45ClN2O10. The summed E-state index contributed by atoms with van der Waals surface area (Å²) in [4.78, 5) is 52.5. The van der Waals surface area contributed by atoms with Crippen LogP contribution in [0.3, 0.4) is 0 Å². The number of nitrogens with zero attached hydrogens (tertiary/aromatic N) is 1. The number of ether oxygens (including phenoxy) is 5. The number of nitrogens with one attached hydrogen (secondary N) is 1. The van der Waals surface area contributed by atoms with Gasteiger partial charge >= 0.3 is 11.9 Å². The van der Waals surface area contributed by atoms with Crippen molar-refractivity contribution in [3.63, 3.8) is 0 Å². The molecular weight excluding hydrogens is 680 g/mol. The summed E-state index contributed by atoms with van der Waals surface area (Å²) < 4.78 is 28.8. The lowest BCUT2D eigenvalue weighted by Gasteiger charge is -2.33. The Hall–Kier alpha value is -4.81. The number of amides is 2. The third-order valence-corrected chi connectivity index (χ3v) is 8.53. The fourth-order valence-corrected chi connectivity index (χ4v) is 5.83. The Morgan fingerprint density at radius 3 is 2.31 bits per heavy atom. The molecule has 13 heteroatoms. The second kappa shape index (κ2) is 16.5. The van der Waals surface area contributed by atoms with Crippen LogP contribution in [0.4, 0.5) is 5.69 Å². The van der Waals surface area contributed by atoms with Gasteiger partial charge in [0.1, 0.15) is 18.0 Å². The molecule has 2 N–H and O–H groups in total. The van der Waals surface area contributed by atoms with Crippen LogP contribution in [0.15, 0.2) is 60.7 Å². The molecule has 274 valence electrons. The Labute approximate surface area is 302 Å². The van der Waals surface area contributed by atoms with Crippen molar-refractivity contribution in [2.45, 2.75) is 65.3 Å². The van der Waals surface area contributed by atoms with Gasteiger partial charge in [0.05, 0.1) is 27.2 Å². The first-order valence-corrected chi connectivity index (χ1v) is 16.8. The quantitative estimate of drug-likeness (QED) is 0.185. The number of anilines is 1. The minimum Gasteiger partial charge on any atom is -0.493 e. The molecule has 1 heterocycles. The van der Waals surface area contributed by atoms with E-state index in [4.69, 9.17) is 35.3 Å². The first-order chi connectivity index (χ1) is 24.0. The fraction of sp³-hybridized carbons (Fsp3) is 0.421. The second-order valence-corrected chi connectivity index (χ2v) is 14.0. The number of halogens is 1. The van der Waals surface area contributed by atoms with E-state index in [1.165, 1.54) is 35.0 Å². The zero-order valence-electron chi connectivity index (χ0n) is 29.9. The molecule has 0 bridgehead atoms. The maximum Gasteiger partial charge on any atom is 0.347 e. The molecule has 4 rings (SSSR count). The van der Waals surface area contributed by atoms with Gasteiger partial charge in [-0.05, 0) is 62.2 Å². The van der Waals surface area contributed by atoms with Gasteiger partial charge in [0.2, 0.25) is 5.91 Å². The molecule has 0 fully saturated rings. The van der Waals surface area contributed by atoms with Gasteiger partial charge in [0.25, 0.3) is 5.91 Å². The Kier molecular flexibility index (Phi) is 12.6. The largest absolute Gasteiger partial charge is 0.493 e. The first-order valence-electron chi connectivity index (χ1n) is 16.4. The Balaban J connectivity index is 1.61. The molecule has 1 aliphatic heterocycles. The molecule has 0 spiro atoms. The summed E-state index contributed by atoms with van der Waals surface area (Å²) in [5.74, 6) is -1.11. The molecule has 0 aliphatic carbocycles. The molecule has 2 atom stereocenters. The Bertz CT molecular complexity index is 1740. The van der Waals surface area contributed by atoms with E-state index >= 15 is 0 Å². The van der Waals surface area contributed by atoms with Crippen molar-refractivity contribution in [1.29, 1.82) is 0 Å². The minimum atomic E-state index is -1.38. The van der Waals surface area contributed by atoms with E-state index in [9.17, 15) is 24.3 Å². The van der Waals surface area contributed by atoms with Crippen molar-refractivity contribution in [3.05, 3.63) is 82.4 Å². The summed E-state index contributed by atoms with van der Waals surface area (Å²) >= 11 is 6.53. The number of carboxylic acid groups (broad SMARTS) is 1. The van der Waals surface area contributed by atoms with E-state index in [2.05, 4.69) is 5.32 Å². The Morgan fingerprint density at radius 2 is 1.69 bits per heavy atom. The van der Waals surface area contributed by atoms with Gasteiger partial charge in [-0.25, -0.2) is 4.79 Å². The van der Waals surface area contributed by atoms with Crippen molar-refractivity contribution >= 4 is 41.0 Å². The molecule has 0 aromatic heterocycles. The standard InChI is InChI=1S/C38H45ClN2O10/c1-23(42)49-22-37(2,3)21-41-29-16-13-25(39)19-28(29)33(27-9-8-10-30(47-6)34(27)48-7)50-31(35(41)44)20-32(43)40-18-17-24-11-14-26(15-12-24)51-38(4,5)36(45)46/h8-16,19,31,33H,17-18,20-22H2,1-7H3,(H,40,43)(H,45,46)/t31-,33-/m1/s1. The number of hydrogen-bond donors (Lipinski definition) is 2. The van der Waals surface area contributed by atoms with Gasteiger partial charge in [0, 0.05) is 47.3 Å². The van der Waals surface area contributed by atoms with Crippen molar-refractivity contribution in [3.8, 4) is 17.2 Å². The molecule has 1 aliphatic rings. The minimum absolute atomic E-state index is 0.0542. The number of rotatable bonds is 15. The SMILES string of the molecule is COc1cccc([C@H]2O[C@H](CC(=O)NCCc3ccc(OC(C)(C)C(=O)O)cc3)C(=O)N(CC(C)(C)COC(C)=O)c3ccc(Cl)cc32)c1OC. The average molecular weight is 725 g/mol. The number of carbonyl (C=O) groups is 4. The molecule has 12 nitrogen and oxygen atoms in total. The lowest BCUT2D eigenvalue weighted by atomic mass is 9.92. The van der Waals surface area contributed by atoms with Crippen LogP contribution in [0, 0.1) is 5.41 Å². The number of aliphatic carboxylic acids is 1. The van der Waals surface area contributed by atoms with Crippen LogP contribution < -0.4 is 24.4 Å². The maximum atomic E-state index is 14.4. The van der Waals surface area contributed by atoms with Crippen molar-refractivity contribution in [2.75, 3.05) is 38.8 Å². The predicted octanol–water partition coefficient (Wildman–Crippen LogP) is 5.76. The van der Waals surface area contributed by atoms with Crippen LogP contribution in [0.1, 0.15) is 63.8 Å². The van der Waals surface area contributed by atoms with Crippen molar-refractivity contribution < 1.29 is 48.0 Å². The summed E-state index contributed by atoms with van der Waals surface area (Å²) in [5.41, 5.74) is 0.494. The molecule has 51 heavy (non-hydrogen) atoms. The summed E-state index contributed by atoms with van der Waals surface area (Å²) in [6.45, 7) is 8.47. The number of carboxylic acids is 1. The third-order valence-electron chi connectivity index (χ3n) is 8.29. The molecule has 0 saturated heterocycles. The van der Waals surface area contributed by atoms with Crippen molar-refractivity contribution in [2.24, 2.45) is 5.41 Å². The summed E-state index contributed by atoms with van der Waals surface area (Å²) in [6.07, 6.45) is -1.94. The predicted molar refractivity (Wildman–Crippen MR) is 191 cm³/mol. The first kappa shape index (κ1) is 39.0. The molecule has 2 amide bonds. The highest BCUT2D eigenvalue weighted by atomic mass is 35.5. The number of para-hydroxylation sites is 1. The highest BCUT2D eigenvalue weighted by Crippen LogP contribution is 2.45. The second-order valence-electron chi connectivity index (χ2n) is 13.5. The van der Waals surface area contributed by atoms with Gasteiger partial charge in [-0.3, -0.25) is 14.4 Å². The molecule has 0 unspecified atom stereocenters. The van der Waals surface area contributed by atoms with Crippen LogP contribution in [0.2, 0.25) is 5.02 Å². The number of hydrogen-bond acceptors (Lipinski definition) is 9. The van der Waals surface area contributed by atoms with E-state index in [1.807, 2.05) is 13.8 Å². The van der Waals surface area contributed by atoms with E-state index in [0.717, 1.165) is 5.56 Å². The summed E-state index contributed by atoms with van der Waals surface area (Å²) in [7, 11) is 3.03. The van der Waals surface area contributed by atoms with Crippen LogP contribution in [-0.2, 0) is 35.1 Å². The third kappa shape index (κ3) is 9.92. The zero-order valence-corrected chi connectivity index (χ0v) is 30.7. The van der Waals surface area contributed by atoms with Gasteiger partial charge in [-0.2, -0.15) is 0 Å². The number of benzene rings is 3. The van der Waals surface area contributed by atoms with Crippen LogP contribution in [0.5, 0.6) is 17.2 Å². The molecule has 3 aromatic rings. The van der Waals surface area contributed by atoms with Crippen LogP contribution >= 0.6 is 11.6 Å². The topological polar surface area (TPSA) is 150 Å². The Morgan fingerprint density at radius 1 is 0.980 bits per heavy atom. The van der Waals surface area contributed by atoms with Crippen LogP contribution in [0.25, 0.3) is 0 Å². The zero-order chi connectivity index (χ0) is 37.5. The molecule has 3 aromatic carbocycles. The van der Waals surface area contributed by atoms with E-state index < -0.39 is 47.0 Å². The van der Waals surface area contributed by atoms with Crippen molar-refractivity contribution in [1.82, 2.24) is 5.32 Å². The smallest absolute Gasteiger partial charge is 0.347 e. The highest BCUT2D eigenvalue weighted by Gasteiger charge is 2.41. The van der Waals surface area contributed by atoms with E-state index in [0.29, 0.717) is 45.5 Å². The normalized spacial score (nSPS) is 16.1. The lowest BCUT2D eigenvalue weighted by Crippen LogP contribution is -2.47. The maximum absolute atomic E-state index is 14.4. The summed E-state index contributed by atoms with van der Waals surface area (Å²) in [5, 5.41) is 12.6. The summed E-state index contributed by atoms with van der Waals surface area (Å²) in [6, 6.07) is 17.4. The van der Waals surface area contributed by atoms with Gasteiger partial charge < -0.3 is 39.0 Å². The number of esters is 1. The lowest BCUT2D eigenvalue weighted by molar-refractivity contribution is -0.152. The van der Waals surface area contributed by atoms with E-state index in [1.54, 1.807) is 65.6 Å². The number of carbonyl (C=O) groups excluding carboxylic acids is 3.